The summed E-state index contributed by atoms with van der Waals surface area (Å²) in [5, 5.41) is 8.17. The highest BCUT2D eigenvalue weighted by molar-refractivity contribution is 8.00. The number of nitrogens with zero attached hydrogens (tertiary/aromatic N) is 2. The van der Waals surface area contributed by atoms with Crippen LogP contribution in [0.5, 0.6) is 0 Å². The normalized spacial score (nSPS) is 10.4. The predicted octanol–water partition coefficient (Wildman–Crippen LogP) is 1.99. The summed E-state index contributed by atoms with van der Waals surface area (Å²) in [7, 11) is 0. The van der Waals surface area contributed by atoms with E-state index in [9.17, 15) is 0 Å². The number of thioether (sulfide) groups is 1. The lowest BCUT2D eigenvalue weighted by molar-refractivity contribution is 1.02. The first-order valence-electron chi connectivity index (χ1n) is 4.31. The van der Waals surface area contributed by atoms with E-state index in [1.54, 1.807) is 11.8 Å². The summed E-state index contributed by atoms with van der Waals surface area (Å²) in [6.07, 6.45) is 0. The van der Waals surface area contributed by atoms with Gasteiger partial charge in [-0.1, -0.05) is 41.3 Å². The molecule has 1 aromatic carbocycles. The highest BCUT2D eigenvalue weighted by atomic mass is 32.2. The zero-order chi connectivity index (χ0) is 10.7. The van der Waals surface area contributed by atoms with Crippen LogP contribution in [0.4, 0.5) is 10.8 Å². The lowest BCUT2D eigenvalue weighted by Crippen LogP contribution is -1.91. The fourth-order valence-electron chi connectivity index (χ4n) is 1.08. The average molecular weight is 238 g/mol. The molecule has 4 nitrogen and oxygen atoms in total. The molecule has 4 N–H and O–H groups in total. The van der Waals surface area contributed by atoms with Crippen LogP contribution in [0.2, 0.25) is 0 Å². The third kappa shape index (κ3) is 2.60. The maximum atomic E-state index is 5.82. The molecule has 0 bridgehead atoms. The number of para-hydroxylation sites is 1. The van der Waals surface area contributed by atoms with Crippen LogP contribution in [0.25, 0.3) is 0 Å². The molecular weight excluding hydrogens is 228 g/mol. The molecule has 0 spiro atoms. The first-order valence-corrected chi connectivity index (χ1v) is 6.11. The van der Waals surface area contributed by atoms with Crippen molar-refractivity contribution in [2.45, 2.75) is 10.1 Å². The van der Waals surface area contributed by atoms with Crippen LogP contribution in [0, 0.1) is 0 Å². The first kappa shape index (κ1) is 10.3. The van der Waals surface area contributed by atoms with Crippen molar-refractivity contribution in [3.63, 3.8) is 0 Å². The van der Waals surface area contributed by atoms with Gasteiger partial charge in [0.1, 0.15) is 0 Å². The van der Waals surface area contributed by atoms with E-state index in [1.165, 1.54) is 11.3 Å². The van der Waals surface area contributed by atoms with Crippen LogP contribution < -0.4 is 11.5 Å². The second-order valence-electron chi connectivity index (χ2n) is 2.89. The quantitative estimate of drug-likeness (QED) is 0.631. The Labute approximate surface area is 95.7 Å². The van der Waals surface area contributed by atoms with E-state index in [1.807, 2.05) is 24.3 Å². The van der Waals surface area contributed by atoms with Crippen LogP contribution >= 0.6 is 23.1 Å². The number of hydrogen-bond acceptors (Lipinski definition) is 6. The number of rotatable bonds is 3. The molecule has 0 aliphatic carbocycles. The van der Waals surface area contributed by atoms with E-state index in [0.717, 1.165) is 21.3 Å². The maximum absolute atomic E-state index is 5.82. The van der Waals surface area contributed by atoms with Crippen molar-refractivity contribution in [2.24, 2.45) is 0 Å². The minimum atomic E-state index is 0.499. The zero-order valence-corrected chi connectivity index (χ0v) is 9.52. The topological polar surface area (TPSA) is 77.8 Å². The highest BCUT2D eigenvalue weighted by Gasteiger charge is 2.03. The van der Waals surface area contributed by atoms with Gasteiger partial charge in [-0.3, -0.25) is 0 Å². The number of aromatic nitrogens is 2. The molecule has 0 saturated heterocycles. The summed E-state index contributed by atoms with van der Waals surface area (Å²) in [6.45, 7) is 0. The molecule has 0 radical (unpaired) electrons. The Balaban J connectivity index is 2.02. The Bertz CT molecular complexity index is 455. The van der Waals surface area contributed by atoms with Gasteiger partial charge in [0, 0.05) is 11.4 Å². The van der Waals surface area contributed by atoms with Crippen LogP contribution in [0.3, 0.4) is 0 Å². The van der Waals surface area contributed by atoms with E-state index in [2.05, 4.69) is 10.2 Å². The average Bonchev–Trinajstić information content (AvgIpc) is 2.63. The van der Waals surface area contributed by atoms with Crippen molar-refractivity contribution in [1.29, 1.82) is 0 Å². The van der Waals surface area contributed by atoms with Crippen molar-refractivity contribution < 1.29 is 0 Å². The number of nitrogens with two attached hydrogens (primary N) is 2. The number of benzene rings is 1. The zero-order valence-electron chi connectivity index (χ0n) is 7.88. The second-order valence-corrected chi connectivity index (χ2v) is 5.13. The van der Waals surface area contributed by atoms with Gasteiger partial charge in [0.25, 0.3) is 0 Å². The van der Waals surface area contributed by atoms with Gasteiger partial charge in [-0.15, -0.1) is 10.2 Å². The van der Waals surface area contributed by atoms with Crippen molar-refractivity contribution in [2.75, 3.05) is 11.5 Å². The summed E-state index contributed by atoms with van der Waals surface area (Å²) in [6, 6.07) is 7.80. The van der Waals surface area contributed by atoms with Crippen molar-refractivity contribution >= 4 is 33.9 Å². The maximum Gasteiger partial charge on any atom is 0.203 e. The van der Waals surface area contributed by atoms with E-state index >= 15 is 0 Å². The van der Waals surface area contributed by atoms with Gasteiger partial charge < -0.3 is 11.5 Å². The van der Waals surface area contributed by atoms with E-state index in [0.29, 0.717) is 5.13 Å². The van der Waals surface area contributed by atoms with Gasteiger partial charge in [0.05, 0.1) is 0 Å². The lowest BCUT2D eigenvalue weighted by atomic mass is 10.2. The van der Waals surface area contributed by atoms with Gasteiger partial charge in [0.2, 0.25) is 5.13 Å². The fourth-order valence-corrected chi connectivity index (χ4v) is 2.74. The Kier molecular flexibility index (Phi) is 3.08. The SMILES string of the molecule is Nc1nnc(SCc2ccccc2N)s1. The Hall–Kier alpha value is -1.27. The van der Waals surface area contributed by atoms with E-state index in [-0.39, 0.29) is 0 Å². The molecule has 0 aliphatic rings. The third-order valence-corrected chi connectivity index (χ3v) is 3.76. The molecule has 15 heavy (non-hydrogen) atoms. The van der Waals surface area contributed by atoms with Crippen LogP contribution in [-0.2, 0) is 5.75 Å². The molecule has 1 heterocycles. The molecule has 0 amide bonds. The van der Waals surface area contributed by atoms with Gasteiger partial charge in [-0.05, 0) is 11.6 Å². The molecule has 0 saturated carbocycles. The summed E-state index contributed by atoms with van der Waals surface area (Å²) >= 11 is 2.98. The summed E-state index contributed by atoms with van der Waals surface area (Å²) < 4.78 is 0.871. The van der Waals surface area contributed by atoms with Gasteiger partial charge in [0.15, 0.2) is 4.34 Å². The fraction of sp³-hybridized carbons (Fsp3) is 0.111. The standard InChI is InChI=1S/C9H10N4S2/c10-7-4-2-1-3-6(7)5-14-9-13-12-8(11)15-9/h1-4H,5,10H2,(H2,11,12). The van der Waals surface area contributed by atoms with Crippen LogP contribution in [-0.4, -0.2) is 10.2 Å². The smallest absolute Gasteiger partial charge is 0.203 e. The molecule has 78 valence electrons. The molecular formula is C9H10N4S2. The number of hydrogen-bond donors (Lipinski definition) is 2. The Morgan fingerprint density at radius 3 is 2.67 bits per heavy atom. The molecule has 1 aromatic heterocycles. The highest BCUT2D eigenvalue weighted by Crippen LogP contribution is 2.28. The summed E-state index contributed by atoms with van der Waals surface area (Å²) in [4.78, 5) is 0. The van der Waals surface area contributed by atoms with Crippen molar-refractivity contribution in [3.8, 4) is 0 Å². The number of anilines is 2. The van der Waals surface area contributed by atoms with Crippen LogP contribution in [0.15, 0.2) is 28.6 Å². The van der Waals surface area contributed by atoms with Gasteiger partial charge in [-0.2, -0.15) is 0 Å². The Morgan fingerprint density at radius 1 is 1.20 bits per heavy atom. The monoisotopic (exact) mass is 238 g/mol. The van der Waals surface area contributed by atoms with Gasteiger partial charge >= 0.3 is 0 Å². The largest absolute Gasteiger partial charge is 0.398 e. The molecule has 0 unspecified atom stereocenters. The van der Waals surface area contributed by atoms with E-state index < -0.39 is 0 Å². The van der Waals surface area contributed by atoms with E-state index in [4.69, 9.17) is 11.5 Å². The van der Waals surface area contributed by atoms with Crippen molar-refractivity contribution in [1.82, 2.24) is 10.2 Å². The van der Waals surface area contributed by atoms with Gasteiger partial charge in [-0.25, -0.2) is 0 Å². The molecule has 2 aromatic rings. The minimum Gasteiger partial charge on any atom is -0.398 e. The molecule has 6 heteroatoms. The van der Waals surface area contributed by atoms with Crippen molar-refractivity contribution in [3.05, 3.63) is 29.8 Å². The predicted molar refractivity (Wildman–Crippen MR) is 64.7 cm³/mol. The second kappa shape index (κ2) is 4.50. The van der Waals surface area contributed by atoms with Crippen LogP contribution in [0.1, 0.15) is 5.56 Å². The number of nitrogen functional groups attached to an aromatic ring is 2. The molecule has 0 fully saturated rings. The molecule has 0 atom stereocenters. The first-order chi connectivity index (χ1) is 7.25. The lowest BCUT2D eigenvalue weighted by Gasteiger charge is -2.02. The Morgan fingerprint density at radius 2 is 2.00 bits per heavy atom. The molecule has 0 aliphatic heterocycles. The third-order valence-electron chi connectivity index (χ3n) is 1.83. The summed E-state index contributed by atoms with van der Waals surface area (Å²) in [5.41, 5.74) is 13.2. The molecule has 2 rings (SSSR count). The minimum absolute atomic E-state index is 0.499. The summed E-state index contributed by atoms with van der Waals surface area (Å²) in [5.74, 6) is 0.793.